The predicted molar refractivity (Wildman–Crippen MR) is 100 cm³/mol. The van der Waals surface area contributed by atoms with Crippen molar-refractivity contribution in [2.45, 2.75) is 19.9 Å². The van der Waals surface area contributed by atoms with Crippen molar-refractivity contribution in [3.8, 4) is 34.3 Å². The van der Waals surface area contributed by atoms with E-state index < -0.39 is 0 Å². The summed E-state index contributed by atoms with van der Waals surface area (Å²) in [4.78, 5) is 16.1. The lowest BCUT2D eigenvalue weighted by Crippen LogP contribution is -2.34. The molecule has 2 aromatic carbocycles. The van der Waals surface area contributed by atoms with Crippen molar-refractivity contribution in [2.75, 3.05) is 13.7 Å². The van der Waals surface area contributed by atoms with E-state index >= 15 is 0 Å². The van der Waals surface area contributed by atoms with Crippen LogP contribution in [0.15, 0.2) is 53.1 Å². The number of nitrogens with zero attached hydrogens (tertiary/aromatic N) is 2. The molecular formula is C20H21N3O4. The lowest BCUT2D eigenvalue weighted by Gasteiger charge is -2.10. The molecule has 0 fully saturated rings. The Labute approximate surface area is 157 Å². The molecule has 7 nitrogen and oxygen atoms in total. The standard InChI is InChI=1S/C20H21N3O4/c1-13(2)21-18(24)12-26-17-9-4-6-14(10-17)19-22-20(27-23-19)15-7-5-8-16(11-15)25-3/h4-11,13H,12H2,1-3H3,(H,21,24). The van der Waals surface area contributed by atoms with Gasteiger partial charge in [0.15, 0.2) is 6.61 Å². The molecule has 0 atom stereocenters. The first kappa shape index (κ1) is 18.4. The smallest absolute Gasteiger partial charge is 0.258 e. The van der Waals surface area contributed by atoms with E-state index in [0.29, 0.717) is 23.2 Å². The topological polar surface area (TPSA) is 86.5 Å². The van der Waals surface area contributed by atoms with Gasteiger partial charge in [0, 0.05) is 17.2 Å². The second kappa shape index (κ2) is 8.35. The largest absolute Gasteiger partial charge is 0.497 e. The second-order valence-electron chi connectivity index (χ2n) is 6.19. The van der Waals surface area contributed by atoms with Crippen molar-refractivity contribution in [1.29, 1.82) is 0 Å². The quantitative estimate of drug-likeness (QED) is 0.689. The van der Waals surface area contributed by atoms with Gasteiger partial charge in [-0.1, -0.05) is 23.4 Å². The number of carbonyl (C=O) groups excluding carboxylic acids is 1. The second-order valence-corrected chi connectivity index (χ2v) is 6.19. The average Bonchev–Trinajstić information content (AvgIpc) is 3.16. The van der Waals surface area contributed by atoms with Gasteiger partial charge in [-0.15, -0.1) is 0 Å². The van der Waals surface area contributed by atoms with Gasteiger partial charge in [0.2, 0.25) is 5.82 Å². The summed E-state index contributed by atoms with van der Waals surface area (Å²) in [6, 6.07) is 14.7. The van der Waals surface area contributed by atoms with Gasteiger partial charge in [-0.05, 0) is 44.2 Å². The monoisotopic (exact) mass is 367 g/mol. The van der Waals surface area contributed by atoms with E-state index in [-0.39, 0.29) is 18.6 Å². The number of aromatic nitrogens is 2. The van der Waals surface area contributed by atoms with Crippen LogP contribution in [0.2, 0.25) is 0 Å². The zero-order chi connectivity index (χ0) is 19.2. The van der Waals surface area contributed by atoms with Crippen molar-refractivity contribution in [3.05, 3.63) is 48.5 Å². The maximum atomic E-state index is 11.7. The summed E-state index contributed by atoms with van der Waals surface area (Å²) in [5.41, 5.74) is 1.50. The molecule has 1 N–H and O–H groups in total. The predicted octanol–water partition coefficient (Wildman–Crippen LogP) is 3.32. The van der Waals surface area contributed by atoms with Gasteiger partial charge in [-0.3, -0.25) is 4.79 Å². The number of hydrogen-bond donors (Lipinski definition) is 1. The summed E-state index contributed by atoms with van der Waals surface area (Å²) in [6.07, 6.45) is 0. The Morgan fingerprint density at radius 1 is 1.11 bits per heavy atom. The Hall–Kier alpha value is -3.35. The molecule has 0 aliphatic carbocycles. The summed E-state index contributed by atoms with van der Waals surface area (Å²) < 4.78 is 16.1. The molecule has 0 saturated carbocycles. The van der Waals surface area contributed by atoms with E-state index in [0.717, 1.165) is 11.1 Å². The summed E-state index contributed by atoms with van der Waals surface area (Å²) >= 11 is 0. The number of hydrogen-bond acceptors (Lipinski definition) is 6. The third-order valence-corrected chi connectivity index (χ3v) is 3.65. The minimum Gasteiger partial charge on any atom is -0.497 e. The fraction of sp³-hybridized carbons (Fsp3) is 0.250. The van der Waals surface area contributed by atoms with Crippen LogP contribution in [-0.4, -0.2) is 35.8 Å². The van der Waals surface area contributed by atoms with E-state index in [1.165, 1.54) is 0 Å². The molecule has 0 unspecified atom stereocenters. The van der Waals surface area contributed by atoms with Gasteiger partial charge in [-0.2, -0.15) is 4.98 Å². The fourth-order valence-electron chi connectivity index (χ4n) is 2.45. The van der Waals surface area contributed by atoms with E-state index in [1.807, 2.05) is 50.2 Å². The zero-order valence-corrected chi connectivity index (χ0v) is 15.4. The highest BCUT2D eigenvalue weighted by Crippen LogP contribution is 2.26. The first-order valence-corrected chi connectivity index (χ1v) is 8.56. The van der Waals surface area contributed by atoms with E-state index in [9.17, 15) is 4.79 Å². The van der Waals surface area contributed by atoms with E-state index in [4.69, 9.17) is 14.0 Å². The summed E-state index contributed by atoms with van der Waals surface area (Å²) in [7, 11) is 1.60. The molecular weight excluding hydrogens is 346 g/mol. The SMILES string of the molecule is COc1cccc(-c2nc(-c3cccc(OCC(=O)NC(C)C)c3)no2)c1. The molecule has 0 aliphatic rings. The minimum atomic E-state index is -0.171. The minimum absolute atomic E-state index is 0.0526. The van der Waals surface area contributed by atoms with Crippen LogP contribution in [0.4, 0.5) is 0 Å². The third kappa shape index (κ3) is 4.84. The van der Waals surface area contributed by atoms with Crippen molar-refractivity contribution in [3.63, 3.8) is 0 Å². The molecule has 0 bridgehead atoms. The number of rotatable bonds is 7. The molecule has 0 radical (unpaired) electrons. The molecule has 1 aromatic heterocycles. The number of methoxy groups -OCH3 is 1. The Kier molecular flexibility index (Phi) is 5.71. The van der Waals surface area contributed by atoms with Gasteiger partial charge in [0.25, 0.3) is 11.8 Å². The Morgan fingerprint density at radius 3 is 2.56 bits per heavy atom. The number of carbonyl (C=O) groups is 1. The summed E-state index contributed by atoms with van der Waals surface area (Å²) in [5, 5.41) is 6.81. The molecule has 3 rings (SSSR count). The first-order valence-electron chi connectivity index (χ1n) is 8.56. The normalized spacial score (nSPS) is 10.7. The lowest BCUT2D eigenvalue weighted by molar-refractivity contribution is -0.123. The fourth-order valence-corrected chi connectivity index (χ4v) is 2.45. The third-order valence-electron chi connectivity index (χ3n) is 3.65. The Morgan fingerprint density at radius 2 is 1.81 bits per heavy atom. The molecule has 27 heavy (non-hydrogen) atoms. The molecule has 1 amide bonds. The van der Waals surface area contributed by atoms with Crippen LogP contribution in [0.25, 0.3) is 22.8 Å². The molecule has 140 valence electrons. The van der Waals surface area contributed by atoms with Crippen LogP contribution in [0.3, 0.4) is 0 Å². The maximum Gasteiger partial charge on any atom is 0.258 e. The zero-order valence-electron chi connectivity index (χ0n) is 15.4. The van der Waals surface area contributed by atoms with Crippen LogP contribution < -0.4 is 14.8 Å². The van der Waals surface area contributed by atoms with Crippen molar-refractivity contribution < 1.29 is 18.8 Å². The van der Waals surface area contributed by atoms with Gasteiger partial charge in [0.05, 0.1) is 7.11 Å². The molecule has 7 heteroatoms. The van der Waals surface area contributed by atoms with Gasteiger partial charge in [-0.25, -0.2) is 0 Å². The number of nitrogens with one attached hydrogen (secondary N) is 1. The highest BCUT2D eigenvalue weighted by atomic mass is 16.5. The molecule has 1 heterocycles. The number of benzene rings is 2. The lowest BCUT2D eigenvalue weighted by atomic mass is 10.2. The van der Waals surface area contributed by atoms with E-state index in [2.05, 4.69) is 15.5 Å². The van der Waals surface area contributed by atoms with Crippen LogP contribution in [0.1, 0.15) is 13.8 Å². The molecule has 0 aliphatic heterocycles. The molecule has 0 spiro atoms. The van der Waals surface area contributed by atoms with Crippen molar-refractivity contribution in [2.24, 2.45) is 0 Å². The van der Waals surface area contributed by atoms with Gasteiger partial charge >= 0.3 is 0 Å². The maximum absolute atomic E-state index is 11.7. The highest BCUT2D eigenvalue weighted by molar-refractivity contribution is 5.77. The molecule has 0 saturated heterocycles. The van der Waals surface area contributed by atoms with Gasteiger partial charge in [0.1, 0.15) is 11.5 Å². The highest BCUT2D eigenvalue weighted by Gasteiger charge is 2.12. The van der Waals surface area contributed by atoms with Crippen LogP contribution in [0, 0.1) is 0 Å². The summed E-state index contributed by atoms with van der Waals surface area (Å²) in [5.74, 6) is 1.92. The van der Waals surface area contributed by atoms with Gasteiger partial charge < -0.3 is 19.3 Å². The Balaban J connectivity index is 1.74. The van der Waals surface area contributed by atoms with Crippen molar-refractivity contribution >= 4 is 5.91 Å². The van der Waals surface area contributed by atoms with E-state index in [1.54, 1.807) is 19.2 Å². The van der Waals surface area contributed by atoms with Crippen LogP contribution in [-0.2, 0) is 4.79 Å². The van der Waals surface area contributed by atoms with Crippen LogP contribution >= 0.6 is 0 Å². The first-order chi connectivity index (χ1) is 13.0. The molecule has 3 aromatic rings. The Bertz CT molecular complexity index is 921. The average molecular weight is 367 g/mol. The number of ether oxygens (including phenoxy) is 2. The van der Waals surface area contributed by atoms with Crippen LogP contribution in [0.5, 0.6) is 11.5 Å². The van der Waals surface area contributed by atoms with Crippen molar-refractivity contribution in [1.82, 2.24) is 15.5 Å². The summed E-state index contributed by atoms with van der Waals surface area (Å²) in [6.45, 7) is 3.74. The number of amides is 1.